The monoisotopic (exact) mass is 496 g/mol. The molecule has 0 aliphatic carbocycles. The number of phenols is 1. The molecule has 0 unspecified atom stereocenters. The minimum atomic E-state index is 0.107. The van der Waals surface area contributed by atoms with Crippen LogP contribution in [0.3, 0.4) is 0 Å². The molecule has 34 heavy (non-hydrogen) atoms. The van der Waals surface area contributed by atoms with Gasteiger partial charge in [-0.3, -0.25) is 9.59 Å². The molecule has 1 aliphatic heterocycles. The molecule has 0 amide bonds. The van der Waals surface area contributed by atoms with Crippen molar-refractivity contribution in [3.05, 3.63) is 59.7 Å². The van der Waals surface area contributed by atoms with Crippen molar-refractivity contribution in [3.63, 3.8) is 0 Å². The number of halogens is 1. The number of carbonyl (C=O) groups excluding carboxylic acids is 2. The summed E-state index contributed by atoms with van der Waals surface area (Å²) in [5.41, 5.74) is 1.82. The summed E-state index contributed by atoms with van der Waals surface area (Å²) < 4.78 is 19.3. The van der Waals surface area contributed by atoms with E-state index in [0.29, 0.717) is 18.9 Å². The number of benzene rings is 2. The number of Topliss-reactive ketones (excluding diaryl/α,β-unsaturated/α-hetero) is 2. The van der Waals surface area contributed by atoms with Gasteiger partial charge in [-0.05, 0) is 62.1 Å². The first-order chi connectivity index (χ1) is 16.3. The Bertz CT molecular complexity index is 798. The van der Waals surface area contributed by atoms with Gasteiger partial charge < -0.3 is 24.1 Å². The van der Waals surface area contributed by atoms with Gasteiger partial charge in [0.25, 0.3) is 0 Å². The second kappa shape index (κ2) is 21.1. The first kappa shape index (κ1) is 31.6. The summed E-state index contributed by atoms with van der Waals surface area (Å²) in [6.07, 6.45) is 3.40. The van der Waals surface area contributed by atoms with E-state index in [1.807, 2.05) is 30.3 Å². The molecule has 1 fully saturated rings. The number of rotatable bonds is 8. The minimum absolute atomic E-state index is 0.107. The molecule has 7 nitrogen and oxygen atoms in total. The molecule has 0 atom stereocenters. The van der Waals surface area contributed by atoms with Crippen LogP contribution in [0.15, 0.2) is 48.5 Å². The molecule has 0 spiro atoms. The Balaban J connectivity index is 0.000000479. The van der Waals surface area contributed by atoms with Crippen molar-refractivity contribution in [1.29, 1.82) is 0 Å². The molecule has 3 rings (SSSR count). The quantitative estimate of drug-likeness (QED) is 0.408. The fourth-order valence-corrected chi connectivity index (χ4v) is 2.62. The SMILES string of the molecule is C1CCOC1.CC(=O)Cc1cccc(O)c1.COCCl.COCOc1cccc(CC(C)=O)c1. The maximum atomic E-state index is 10.9. The smallest absolute Gasteiger partial charge is 0.188 e. The van der Waals surface area contributed by atoms with Gasteiger partial charge in [0.15, 0.2) is 6.79 Å². The van der Waals surface area contributed by atoms with E-state index in [4.69, 9.17) is 30.9 Å². The van der Waals surface area contributed by atoms with Crippen LogP contribution in [0.1, 0.15) is 37.8 Å². The van der Waals surface area contributed by atoms with E-state index in [9.17, 15) is 9.59 Å². The van der Waals surface area contributed by atoms with Crippen molar-refractivity contribution in [2.24, 2.45) is 0 Å². The van der Waals surface area contributed by atoms with E-state index < -0.39 is 0 Å². The number of hydrogen-bond donors (Lipinski definition) is 1. The van der Waals surface area contributed by atoms with E-state index in [-0.39, 0.29) is 24.1 Å². The van der Waals surface area contributed by atoms with Gasteiger partial charge in [0.05, 0.1) is 0 Å². The van der Waals surface area contributed by atoms with Gasteiger partial charge in [0, 0.05) is 40.3 Å². The molecule has 1 aliphatic rings. The third-order valence-electron chi connectivity index (χ3n) is 4.00. The van der Waals surface area contributed by atoms with Gasteiger partial charge in [0.1, 0.15) is 29.1 Å². The molecule has 0 bridgehead atoms. The average molecular weight is 497 g/mol. The third-order valence-corrected chi connectivity index (χ3v) is 4.21. The molecule has 1 heterocycles. The summed E-state index contributed by atoms with van der Waals surface area (Å²) in [5.74, 6) is 1.19. The fraction of sp³-hybridized carbons (Fsp3) is 0.462. The van der Waals surface area contributed by atoms with E-state index >= 15 is 0 Å². The Morgan fingerprint density at radius 1 is 0.912 bits per heavy atom. The van der Waals surface area contributed by atoms with Crippen molar-refractivity contribution >= 4 is 23.2 Å². The number of ether oxygens (including phenoxy) is 4. The Hall–Kier alpha value is -2.45. The van der Waals surface area contributed by atoms with Gasteiger partial charge in [-0.1, -0.05) is 35.9 Å². The molecule has 0 radical (unpaired) electrons. The molecule has 190 valence electrons. The number of phenolic OH excluding ortho intramolecular Hbond substituents is 1. The van der Waals surface area contributed by atoms with Crippen LogP contribution in [0.25, 0.3) is 0 Å². The van der Waals surface area contributed by atoms with Crippen LogP contribution in [0, 0.1) is 0 Å². The maximum Gasteiger partial charge on any atom is 0.188 e. The first-order valence-electron chi connectivity index (χ1n) is 10.9. The van der Waals surface area contributed by atoms with E-state index in [1.165, 1.54) is 19.8 Å². The largest absolute Gasteiger partial charge is 0.508 e. The summed E-state index contributed by atoms with van der Waals surface area (Å²) >= 11 is 4.96. The van der Waals surface area contributed by atoms with Crippen molar-refractivity contribution < 1.29 is 33.6 Å². The highest BCUT2D eigenvalue weighted by atomic mass is 35.5. The standard InChI is InChI=1S/C11H14O3.C9H10O2.C4H8O.C2H5ClO/c1-9(12)6-10-4-3-5-11(7-10)14-8-13-2;1-7(10)5-8-3-2-4-9(11)6-8;1-2-4-5-3-1;1-4-2-3/h3-5,7H,6,8H2,1-2H3;2-4,6,11H,5H2,1H3;1-4H2;2H2,1H3. The van der Waals surface area contributed by atoms with Crippen LogP contribution in [-0.2, 0) is 36.6 Å². The second-order valence-corrected chi connectivity index (χ2v) is 7.56. The maximum absolute atomic E-state index is 10.9. The van der Waals surface area contributed by atoms with Crippen molar-refractivity contribution in [2.45, 2.75) is 39.5 Å². The van der Waals surface area contributed by atoms with Crippen LogP contribution < -0.4 is 4.74 Å². The number of ketones is 2. The summed E-state index contributed by atoms with van der Waals surface area (Å²) in [6, 6.07) is 14.5. The lowest BCUT2D eigenvalue weighted by Gasteiger charge is -2.05. The van der Waals surface area contributed by atoms with Gasteiger partial charge in [0.2, 0.25) is 0 Å². The van der Waals surface area contributed by atoms with Crippen LogP contribution in [0.2, 0.25) is 0 Å². The Morgan fingerprint density at radius 2 is 1.44 bits per heavy atom. The number of carbonyl (C=O) groups is 2. The van der Waals surface area contributed by atoms with E-state index in [1.54, 1.807) is 39.3 Å². The zero-order chi connectivity index (χ0) is 25.6. The highest BCUT2D eigenvalue weighted by molar-refractivity contribution is 6.17. The molecule has 2 aromatic rings. The average Bonchev–Trinajstić information content (AvgIpc) is 3.38. The van der Waals surface area contributed by atoms with Gasteiger partial charge >= 0.3 is 0 Å². The van der Waals surface area contributed by atoms with Crippen molar-refractivity contribution in [1.82, 2.24) is 0 Å². The molecular formula is C26H37ClO7. The van der Waals surface area contributed by atoms with Crippen LogP contribution in [0.4, 0.5) is 0 Å². The highest BCUT2D eigenvalue weighted by Crippen LogP contribution is 2.14. The normalized spacial score (nSPS) is 11.6. The summed E-state index contributed by atoms with van der Waals surface area (Å²) in [7, 11) is 3.12. The summed E-state index contributed by atoms with van der Waals surface area (Å²) in [4.78, 5) is 21.5. The van der Waals surface area contributed by atoms with Gasteiger partial charge in [-0.2, -0.15) is 0 Å². The molecule has 2 aromatic carbocycles. The third kappa shape index (κ3) is 19.1. The molecule has 8 heteroatoms. The van der Waals surface area contributed by atoms with Crippen LogP contribution in [-0.4, -0.2) is 57.0 Å². The predicted molar refractivity (Wildman–Crippen MR) is 134 cm³/mol. The minimum Gasteiger partial charge on any atom is -0.508 e. The topological polar surface area (TPSA) is 91.3 Å². The molecule has 1 saturated heterocycles. The van der Waals surface area contributed by atoms with Gasteiger partial charge in [-0.15, -0.1) is 0 Å². The first-order valence-corrected chi connectivity index (χ1v) is 11.5. The Kier molecular flexibility index (Phi) is 19.6. The number of alkyl halides is 1. The predicted octanol–water partition coefficient (Wildman–Crippen LogP) is 4.95. The lowest BCUT2D eigenvalue weighted by atomic mass is 10.1. The highest BCUT2D eigenvalue weighted by Gasteiger charge is 2.00. The Labute approximate surface area is 207 Å². The number of methoxy groups -OCH3 is 2. The number of hydrogen-bond acceptors (Lipinski definition) is 7. The summed E-state index contributed by atoms with van der Waals surface area (Å²) in [6.45, 7) is 5.33. The van der Waals surface area contributed by atoms with Crippen LogP contribution in [0.5, 0.6) is 11.5 Å². The molecule has 0 saturated carbocycles. The van der Waals surface area contributed by atoms with E-state index in [0.717, 1.165) is 30.1 Å². The van der Waals surface area contributed by atoms with E-state index in [2.05, 4.69) is 4.74 Å². The van der Waals surface area contributed by atoms with Crippen molar-refractivity contribution in [3.8, 4) is 11.5 Å². The molecule has 0 aromatic heterocycles. The zero-order valence-electron chi connectivity index (χ0n) is 20.6. The van der Waals surface area contributed by atoms with Gasteiger partial charge in [-0.25, -0.2) is 0 Å². The van der Waals surface area contributed by atoms with Crippen molar-refractivity contribution in [2.75, 3.05) is 40.3 Å². The lowest BCUT2D eigenvalue weighted by Crippen LogP contribution is -2.00. The second-order valence-electron chi connectivity index (χ2n) is 7.34. The molecular weight excluding hydrogens is 460 g/mol. The molecule has 1 N–H and O–H groups in total. The zero-order valence-corrected chi connectivity index (χ0v) is 21.3. The Morgan fingerprint density at radius 3 is 1.85 bits per heavy atom. The summed E-state index contributed by atoms with van der Waals surface area (Å²) in [5, 5.41) is 9.01. The number of aromatic hydroxyl groups is 1. The lowest BCUT2D eigenvalue weighted by molar-refractivity contribution is -0.117. The van der Waals surface area contributed by atoms with Crippen LogP contribution >= 0.6 is 11.6 Å². The fourth-order valence-electron chi connectivity index (χ4n) is 2.62.